The predicted octanol–water partition coefficient (Wildman–Crippen LogP) is 2.16. The summed E-state index contributed by atoms with van der Waals surface area (Å²) < 4.78 is 0. The number of hydrogen-bond donors (Lipinski definition) is 1. The van der Waals surface area contributed by atoms with E-state index in [-0.39, 0.29) is 5.91 Å². The highest BCUT2D eigenvalue weighted by Gasteiger charge is 2.27. The summed E-state index contributed by atoms with van der Waals surface area (Å²) in [5.41, 5.74) is 5.51. The van der Waals surface area contributed by atoms with Crippen molar-refractivity contribution < 1.29 is 4.79 Å². The molecule has 5 nitrogen and oxygen atoms in total. The topological polar surface area (TPSA) is 72.1 Å². The van der Waals surface area contributed by atoms with Crippen LogP contribution in [0.25, 0.3) is 0 Å². The number of carbonyl (C=O) groups is 1. The molecule has 1 aromatic heterocycles. The SMILES string of the molecule is CCC1CCC(N(C)C(=O)c2nnc(N)s2)CC1. The van der Waals surface area contributed by atoms with Crippen LogP contribution in [0, 0.1) is 5.92 Å². The zero-order valence-corrected chi connectivity index (χ0v) is 11.7. The van der Waals surface area contributed by atoms with Crippen molar-refractivity contribution in [1.82, 2.24) is 15.1 Å². The predicted molar refractivity (Wildman–Crippen MR) is 72.5 cm³/mol. The number of nitrogen functional groups attached to an aromatic ring is 1. The van der Waals surface area contributed by atoms with E-state index >= 15 is 0 Å². The van der Waals surface area contributed by atoms with Gasteiger partial charge in [-0.3, -0.25) is 4.79 Å². The summed E-state index contributed by atoms with van der Waals surface area (Å²) in [5.74, 6) is 0.783. The molecular weight excluding hydrogens is 248 g/mol. The number of aromatic nitrogens is 2. The van der Waals surface area contributed by atoms with Crippen molar-refractivity contribution in [3.8, 4) is 0 Å². The highest BCUT2D eigenvalue weighted by atomic mass is 32.1. The first-order valence-corrected chi connectivity index (χ1v) is 7.29. The van der Waals surface area contributed by atoms with Crippen molar-refractivity contribution in [1.29, 1.82) is 0 Å². The zero-order valence-electron chi connectivity index (χ0n) is 10.9. The van der Waals surface area contributed by atoms with Gasteiger partial charge in [-0.25, -0.2) is 0 Å². The molecule has 1 heterocycles. The van der Waals surface area contributed by atoms with Crippen LogP contribution in [0.2, 0.25) is 0 Å². The monoisotopic (exact) mass is 268 g/mol. The Balaban J connectivity index is 1.95. The number of rotatable bonds is 3. The molecule has 1 saturated carbocycles. The maximum atomic E-state index is 12.2. The van der Waals surface area contributed by atoms with Crippen molar-refractivity contribution >= 4 is 22.4 Å². The second-order valence-corrected chi connectivity index (χ2v) is 5.95. The van der Waals surface area contributed by atoms with Gasteiger partial charge in [-0.05, 0) is 31.6 Å². The minimum absolute atomic E-state index is 0.0517. The molecule has 6 heteroatoms. The standard InChI is InChI=1S/C12H20N4OS/c1-3-8-4-6-9(7-5-8)16(2)11(17)10-14-15-12(13)18-10/h8-9H,3-7H2,1-2H3,(H2,13,15). The minimum Gasteiger partial charge on any atom is -0.374 e. The van der Waals surface area contributed by atoms with Gasteiger partial charge in [-0.15, -0.1) is 10.2 Å². The van der Waals surface area contributed by atoms with Gasteiger partial charge in [0.2, 0.25) is 10.1 Å². The van der Waals surface area contributed by atoms with Gasteiger partial charge in [0.25, 0.3) is 5.91 Å². The molecule has 1 aliphatic rings. The lowest BCUT2D eigenvalue weighted by Gasteiger charge is -2.33. The number of nitrogens with zero attached hydrogens (tertiary/aromatic N) is 3. The van der Waals surface area contributed by atoms with E-state index in [0.717, 1.165) is 30.1 Å². The van der Waals surface area contributed by atoms with Crippen molar-refractivity contribution in [3.05, 3.63) is 5.01 Å². The van der Waals surface area contributed by atoms with Crippen LogP contribution in [0.5, 0.6) is 0 Å². The lowest BCUT2D eigenvalue weighted by atomic mass is 9.84. The van der Waals surface area contributed by atoms with Crippen molar-refractivity contribution in [2.24, 2.45) is 5.92 Å². The van der Waals surface area contributed by atoms with Crippen LogP contribution in [0.4, 0.5) is 5.13 Å². The fourth-order valence-corrected chi connectivity index (χ4v) is 3.17. The van der Waals surface area contributed by atoms with E-state index < -0.39 is 0 Å². The van der Waals surface area contributed by atoms with Crippen molar-refractivity contribution in [2.45, 2.75) is 45.1 Å². The number of nitrogens with two attached hydrogens (primary N) is 1. The molecule has 0 spiro atoms. The molecule has 1 aromatic rings. The number of hydrogen-bond acceptors (Lipinski definition) is 5. The molecular formula is C12H20N4OS. The Morgan fingerprint density at radius 3 is 2.56 bits per heavy atom. The van der Waals surface area contributed by atoms with Gasteiger partial charge >= 0.3 is 0 Å². The molecule has 0 radical (unpaired) electrons. The minimum atomic E-state index is -0.0517. The fraction of sp³-hybridized carbons (Fsp3) is 0.750. The summed E-state index contributed by atoms with van der Waals surface area (Å²) >= 11 is 1.16. The quantitative estimate of drug-likeness (QED) is 0.911. The van der Waals surface area contributed by atoms with Gasteiger partial charge in [-0.2, -0.15) is 0 Å². The lowest BCUT2D eigenvalue weighted by molar-refractivity contribution is 0.0673. The third kappa shape index (κ3) is 2.80. The van der Waals surface area contributed by atoms with E-state index in [2.05, 4.69) is 17.1 Å². The Bertz CT molecular complexity index is 412. The maximum Gasteiger partial charge on any atom is 0.284 e. The molecule has 0 atom stereocenters. The van der Waals surface area contributed by atoms with E-state index in [4.69, 9.17) is 5.73 Å². The van der Waals surface area contributed by atoms with Crippen LogP contribution >= 0.6 is 11.3 Å². The summed E-state index contributed by atoms with van der Waals surface area (Å²) in [7, 11) is 1.86. The van der Waals surface area contributed by atoms with Crippen LogP contribution in [0.3, 0.4) is 0 Å². The van der Waals surface area contributed by atoms with Gasteiger partial charge in [-0.1, -0.05) is 24.7 Å². The van der Waals surface area contributed by atoms with Gasteiger partial charge in [0.05, 0.1) is 0 Å². The molecule has 0 aromatic carbocycles. The Morgan fingerprint density at radius 1 is 1.39 bits per heavy atom. The molecule has 1 fully saturated rings. The average Bonchev–Trinajstić information content (AvgIpc) is 2.84. The second kappa shape index (κ2) is 5.65. The number of carbonyl (C=O) groups excluding carboxylic acids is 1. The van der Waals surface area contributed by atoms with E-state index in [1.807, 2.05) is 11.9 Å². The number of amides is 1. The molecule has 18 heavy (non-hydrogen) atoms. The second-order valence-electron chi connectivity index (χ2n) is 4.94. The first kappa shape index (κ1) is 13.3. The Kier molecular flexibility index (Phi) is 4.16. The Labute approximate surface area is 111 Å². The summed E-state index contributed by atoms with van der Waals surface area (Å²) in [6, 6.07) is 0.338. The molecule has 0 aliphatic heterocycles. The van der Waals surface area contributed by atoms with Crippen LogP contribution in [0.1, 0.15) is 48.8 Å². The first-order valence-electron chi connectivity index (χ1n) is 6.48. The third-order valence-electron chi connectivity index (χ3n) is 3.89. The van der Waals surface area contributed by atoms with Crippen molar-refractivity contribution in [3.63, 3.8) is 0 Å². The summed E-state index contributed by atoms with van der Waals surface area (Å²) in [4.78, 5) is 14.0. The molecule has 100 valence electrons. The van der Waals surface area contributed by atoms with Gasteiger partial charge in [0.1, 0.15) is 0 Å². The van der Waals surface area contributed by atoms with Crippen LogP contribution < -0.4 is 5.73 Å². The molecule has 2 N–H and O–H groups in total. The summed E-state index contributed by atoms with van der Waals surface area (Å²) in [6.07, 6.45) is 5.87. The lowest BCUT2D eigenvalue weighted by Crippen LogP contribution is -2.39. The van der Waals surface area contributed by atoms with E-state index in [0.29, 0.717) is 16.2 Å². The van der Waals surface area contributed by atoms with Crippen molar-refractivity contribution in [2.75, 3.05) is 12.8 Å². The molecule has 0 saturated heterocycles. The normalized spacial score (nSPS) is 23.9. The fourth-order valence-electron chi connectivity index (χ4n) is 2.58. The Morgan fingerprint density at radius 2 is 2.06 bits per heavy atom. The van der Waals surface area contributed by atoms with Crippen LogP contribution in [0.15, 0.2) is 0 Å². The Hall–Kier alpha value is -1.17. The summed E-state index contributed by atoms with van der Waals surface area (Å²) in [6.45, 7) is 2.24. The van der Waals surface area contributed by atoms with Crippen LogP contribution in [-0.2, 0) is 0 Å². The van der Waals surface area contributed by atoms with E-state index in [1.54, 1.807) is 0 Å². The largest absolute Gasteiger partial charge is 0.374 e. The number of anilines is 1. The van der Waals surface area contributed by atoms with Gasteiger partial charge in [0.15, 0.2) is 0 Å². The highest BCUT2D eigenvalue weighted by Crippen LogP contribution is 2.29. The third-order valence-corrected chi connectivity index (χ3v) is 4.63. The molecule has 2 rings (SSSR count). The van der Waals surface area contributed by atoms with E-state index in [9.17, 15) is 4.79 Å². The molecule has 1 aliphatic carbocycles. The maximum absolute atomic E-state index is 12.2. The summed E-state index contributed by atoms with van der Waals surface area (Å²) in [5, 5.41) is 8.25. The average molecular weight is 268 g/mol. The van der Waals surface area contributed by atoms with Gasteiger partial charge in [0, 0.05) is 13.1 Å². The zero-order chi connectivity index (χ0) is 13.1. The van der Waals surface area contributed by atoms with E-state index in [1.165, 1.54) is 19.3 Å². The molecule has 1 amide bonds. The van der Waals surface area contributed by atoms with Gasteiger partial charge < -0.3 is 10.6 Å². The first-order chi connectivity index (χ1) is 8.61. The highest BCUT2D eigenvalue weighted by molar-refractivity contribution is 7.16. The molecule has 0 bridgehead atoms. The van der Waals surface area contributed by atoms with Crippen LogP contribution in [-0.4, -0.2) is 34.1 Å². The molecule has 0 unspecified atom stereocenters. The smallest absolute Gasteiger partial charge is 0.284 e.